The Hall–Kier alpha value is -4.80. The third-order valence-electron chi connectivity index (χ3n) is 10.2. The number of aryl methyl sites for hydroxylation is 2. The molecular weight excluding hydrogens is 738 g/mol. The van der Waals surface area contributed by atoms with Crippen LogP contribution in [0.5, 0.6) is 11.5 Å². The van der Waals surface area contributed by atoms with Gasteiger partial charge in [0.15, 0.2) is 17.0 Å². The molecule has 0 amide bonds. The van der Waals surface area contributed by atoms with Crippen molar-refractivity contribution in [2.45, 2.75) is 90.4 Å². The maximum absolute atomic E-state index is 9.35. The van der Waals surface area contributed by atoms with Crippen molar-refractivity contribution in [3.8, 4) is 17.6 Å². The van der Waals surface area contributed by atoms with Crippen LogP contribution in [0.3, 0.4) is 0 Å². The van der Waals surface area contributed by atoms with Gasteiger partial charge < -0.3 is 23.4 Å². The topological polar surface area (TPSA) is 135 Å². The lowest BCUT2D eigenvalue weighted by Gasteiger charge is -2.44. The number of nitrogens with zero attached hydrogens (tertiary/aromatic N) is 8. The third-order valence-corrected chi connectivity index (χ3v) is 12.3. The van der Waals surface area contributed by atoms with Crippen LogP contribution in [0.15, 0.2) is 84.4 Å². The van der Waals surface area contributed by atoms with Crippen molar-refractivity contribution in [3.05, 3.63) is 107 Å². The second kappa shape index (κ2) is 17.4. The van der Waals surface area contributed by atoms with E-state index >= 15 is 0 Å². The van der Waals surface area contributed by atoms with Crippen molar-refractivity contribution in [1.29, 1.82) is 5.26 Å². The molecule has 4 atom stereocenters. The summed E-state index contributed by atoms with van der Waals surface area (Å²) in [6, 6.07) is 25.6. The quantitative estimate of drug-likeness (QED) is 0.0475. The molecule has 1 N–H and O–H groups in total. The van der Waals surface area contributed by atoms with E-state index in [0.717, 1.165) is 39.3 Å². The zero-order valence-electron chi connectivity index (χ0n) is 34.0. The number of fused-ring (bicyclic) bond motifs is 3. The first-order valence-electron chi connectivity index (χ1n) is 19.5. The molecule has 1 unspecified atom stereocenters. The van der Waals surface area contributed by atoms with Gasteiger partial charge in [-0.05, 0) is 71.4 Å². The van der Waals surface area contributed by atoms with Crippen LogP contribution in [0, 0.1) is 25.2 Å². The van der Waals surface area contributed by atoms with Gasteiger partial charge >= 0.3 is 0 Å². The molecule has 2 aliphatic rings. The Kier molecular flexibility index (Phi) is 12.3. The fourth-order valence-corrected chi connectivity index (χ4v) is 9.42. The minimum absolute atomic E-state index is 0.147. The summed E-state index contributed by atoms with van der Waals surface area (Å²) in [7, 11) is 2.29. The Morgan fingerprint density at radius 2 is 1.67 bits per heavy atom. The molecule has 0 spiro atoms. The largest absolute Gasteiger partial charge is 0.457 e. The van der Waals surface area contributed by atoms with Crippen LogP contribution in [0.25, 0.3) is 11.2 Å². The molecule has 0 aliphatic carbocycles. The molecular formula is C43H52N9O4P. The molecule has 3 aromatic carbocycles. The maximum atomic E-state index is 9.35. The molecule has 7 rings (SSSR count). The van der Waals surface area contributed by atoms with Gasteiger partial charge in [0.25, 0.3) is 8.53 Å². The molecule has 0 saturated carbocycles. The number of nitrogens with one attached hydrogen (secondary N) is 1. The van der Waals surface area contributed by atoms with Crippen molar-refractivity contribution in [3.63, 3.8) is 0 Å². The highest BCUT2D eigenvalue weighted by Gasteiger charge is 2.49. The van der Waals surface area contributed by atoms with Crippen molar-refractivity contribution in [2.24, 2.45) is 4.99 Å². The molecule has 13 nitrogen and oxygen atoms in total. The Balaban J connectivity index is 1.34. The predicted octanol–water partition coefficient (Wildman–Crippen LogP) is 8.30. The maximum Gasteiger partial charge on any atom is 0.259 e. The first kappa shape index (κ1) is 40.4. The monoisotopic (exact) mass is 789 g/mol. The summed E-state index contributed by atoms with van der Waals surface area (Å²) in [4.78, 5) is 20.2. The second-order valence-electron chi connectivity index (χ2n) is 15.4. The summed E-state index contributed by atoms with van der Waals surface area (Å²) in [5.74, 6) is 2.06. The van der Waals surface area contributed by atoms with Gasteiger partial charge in [-0.15, -0.1) is 0 Å². The first-order valence-corrected chi connectivity index (χ1v) is 20.6. The van der Waals surface area contributed by atoms with Crippen molar-refractivity contribution < 1.29 is 18.5 Å². The van der Waals surface area contributed by atoms with Gasteiger partial charge in [0.2, 0.25) is 0 Å². The molecule has 5 aromatic rings. The minimum Gasteiger partial charge on any atom is -0.457 e. The van der Waals surface area contributed by atoms with E-state index in [1.807, 2.05) is 29.6 Å². The molecule has 57 heavy (non-hydrogen) atoms. The van der Waals surface area contributed by atoms with Crippen LogP contribution in [-0.2, 0) is 19.3 Å². The highest BCUT2D eigenvalue weighted by atomic mass is 31.2. The average Bonchev–Trinajstić information content (AvgIpc) is 3.80. The summed E-state index contributed by atoms with van der Waals surface area (Å²) in [5, 5.41) is 13.6. The van der Waals surface area contributed by atoms with Crippen molar-refractivity contribution in [2.75, 3.05) is 27.3 Å². The average molecular weight is 790 g/mol. The molecule has 0 bridgehead atoms. The number of hydrogen-bond donors (Lipinski definition) is 1. The number of ether oxygens (including phenoxy) is 2. The van der Waals surface area contributed by atoms with Gasteiger partial charge in [-0.3, -0.25) is 9.88 Å². The fourth-order valence-electron chi connectivity index (χ4n) is 7.80. The standard InChI is InChI=1S/C43H52N9O4P/c1-28(2)52(29(3)4)57(53-20-12-19-44)54-24-38-35(23-39(56-38)51-27-47-40-41(48-26-50(7)8)45-25-46-42(40)51)49-43(32-13-10-9-11-14-32)33-21-30(5)15-17-36(33)55-37-18-16-31(6)22-34(37)43/h9-11,13-18,21-22,25-29,35,38-39,49H,12,20,23-24H2,1-8H3/b48-26-/t35-,38+,39+,57?/m0/s1. The van der Waals surface area contributed by atoms with Crippen LogP contribution in [0.1, 0.15) is 74.6 Å². The predicted molar refractivity (Wildman–Crippen MR) is 223 cm³/mol. The summed E-state index contributed by atoms with van der Waals surface area (Å²) in [6.45, 7) is 13.3. The van der Waals surface area contributed by atoms with E-state index in [0.29, 0.717) is 23.4 Å². The molecule has 1 saturated heterocycles. The van der Waals surface area contributed by atoms with Gasteiger partial charge in [0.05, 0.1) is 44.5 Å². The third kappa shape index (κ3) is 8.30. The fraction of sp³-hybridized carbons (Fsp3) is 0.419. The Labute approximate surface area is 336 Å². The number of imidazole rings is 1. The molecule has 2 aromatic heterocycles. The molecule has 2 aliphatic heterocycles. The summed E-state index contributed by atoms with van der Waals surface area (Å²) in [5.41, 5.74) is 5.74. The molecule has 14 heteroatoms. The highest BCUT2D eigenvalue weighted by Crippen LogP contribution is 2.52. The van der Waals surface area contributed by atoms with E-state index < -0.39 is 26.4 Å². The zero-order chi connectivity index (χ0) is 40.3. The van der Waals surface area contributed by atoms with Gasteiger partial charge in [-0.25, -0.2) is 24.6 Å². The SMILES string of the molecule is Cc1ccc2c(c1)C(N[C@H]1C[C@H](n3cnc4c(/N=C\N(C)C)ncnc43)O[C@@H]1COP(OCCC#N)N(C(C)C)C(C)C)(c1ccccc1)c1cc(C)ccc1O2. The zero-order valence-corrected chi connectivity index (χ0v) is 34.9. The number of nitriles is 1. The van der Waals surface area contributed by atoms with Gasteiger partial charge in [-0.2, -0.15) is 5.26 Å². The van der Waals surface area contributed by atoms with E-state index in [2.05, 4.69) is 133 Å². The first-order chi connectivity index (χ1) is 27.5. The normalized spacial score (nSPS) is 19.2. The number of benzene rings is 3. The number of rotatable bonds is 15. The van der Waals surface area contributed by atoms with E-state index in [9.17, 15) is 5.26 Å². The van der Waals surface area contributed by atoms with Crippen LogP contribution < -0.4 is 10.1 Å². The number of hydrogen-bond acceptors (Lipinski definition) is 11. The van der Waals surface area contributed by atoms with Gasteiger partial charge in [0.1, 0.15) is 29.6 Å². The lowest BCUT2D eigenvalue weighted by molar-refractivity contribution is -0.0243. The van der Waals surface area contributed by atoms with Gasteiger partial charge in [-0.1, -0.05) is 53.6 Å². The molecule has 298 valence electrons. The Morgan fingerprint density at radius 1 is 0.982 bits per heavy atom. The minimum atomic E-state index is -1.53. The van der Waals surface area contributed by atoms with Crippen LogP contribution in [0.4, 0.5) is 5.82 Å². The lowest BCUT2D eigenvalue weighted by atomic mass is 9.73. The number of aromatic nitrogens is 4. The van der Waals surface area contributed by atoms with Gasteiger partial charge in [0, 0.05) is 49.8 Å². The van der Waals surface area contributed by atoms with E-state index in [4.69, 9.17) is 23.5 Å². The second-order valence-corrected chi connectivity index (χ2v) is 16.9. The Bertz CT molecular complexity index is 2180. The van der Waals surface area contributed by atoms with Crippen molar-refractivity contribution in [1.82, 2.24) is 34.4 Å². The summed E-state index contributed by atoms with van der Waals surface area (Å²) >= 11 is 0. The number of aliphatic imine (C=N–C) groups is 1. The summed E-state index contributed by atoms with van der Waals surface area (Å²) in [6.07, 6.45) is 4.89. The van der Waals surface area contributed by atoms with Crippen molar-refractivity contribution >= 4 is 31.8 Å². The molecule has 0 radical (unpaired) electrons. The van der Waals surface area contributed by atoms with Crippen LogP contribution in [0.2, 0.25) is 0 Å². The van der Waals surface area contributed by atoms with Crippen LogP contribution >= 0.6 is 8.53 Å². The summed E-state index contributed by atoms with van der Waals surface area (Å²) < 4.78 is 31.1. The lowest BCUT2D eigenvalue weighted by Crippen LogP contribution is -2.54. The van der Waals surface area contributed by atoms with E-state index in [-0.39, 0.29) is 37.8 Å². The highest BCUT2D eigenvalue weighted by molar-refractivity contribution is 7.44. The van der Waals surface area contributed by atoms with E-state index in [1.165, 1.54) is 6.33 Å². The van der Waals surface area contributed by atoms with Crippen LogP contribution in [-0.4, -0.2) is 87.0 Å². The molecule has 1 fully saturated rings. The Morgan fingerprint density at radius 3 is 2.30 bits per heavy atom. The molecule has 4 heterocycles. The van der Waals surface area contributed by atoms with E-state index in [1.54, 1.807) is 12.7 Å². The smallest absolute Gasteiger partial charge is 0.259 e.